The van der Waals surface area contributed by atoms with Crippen LogP contribution in [0.2, 0.25) is 0 Å². The SMILES string of the molecule is NC(=O)c1ccc(CCN(Cc2ccc(C#CC(=O)O)cc2)c2nc3cccc(F)c3s2)cc1. The van der Waals surface area contributed by atoms with Crippen LogP contribution in [-0.2, 0) is 17.8 Å². The zero-order valence-corrected chi connectivity index (χ0v) is 18.8. The van der Waals surface area contributed by atoms with Gasteiger partial charge in [-0.15, -0.1) is 0 Å². The molecule has 8 heteroatoms. The third-order valence-electron chi connectivity index (χ3n) is 5.18. The third kappa shape index (κ3) is 5.57. The summed E-state index contributed by atoms with van der Waals surface area (Å²) in [6.07, 6.45) is 0.680. The molecule has 34 heavy (non-hydrogen) atoms. The normalized spacial score (nSPS) is 10.5. The predicted octanol–water partition coefficient (Wildman–Crippen LogP) is 4.22. The molecule has 0 atom stereocenters. The summed E-state index contributed by atoms with van der Waals surface area (Å²) in [6, 6.07) is 19.3. The summed E-state index contributed by atoms with van der Waals surface area (Å²) in [5, 5.41) is 9.41. The average Bonchev–Trinajstić information content (AvgIpc) is 3.27. The fourth-order valence-electron chi connectivity index (χ4n) is 3.42. The van der Waals surface area contributed by atoms with E-state index in [1.165, 1.54) is 17.4 Å². The molecule has 0 bridgehead atoms. The highest BCUT2D eigenvalue weighted by Crippen LogP contribution is 2.31. The van der Waals surface area contributed by atoms with Crippen LogP contribution in [0.25, 0.3) is 10.2 Å². The Morgan fingerprint density at radius 3 is 2.38 bits per heavy atom. The number of carbonyl (C=O) groups excluding carboxylic acids is 1. The largest absolute Gasteiger partial charge is 0.472 e. The Balaban J connectivity index is 1.58. The quantitative estimate of drug-likeness (QED) is 0.392. The standard InChI is InChI=1S/C26H20FN3O3S/c27-21-2-1-3-22-24(21)34-26(29-22)30(15-14-18-8-11-20(12-9-18)25(28)33)16-19-6-4-17(5-7-19)10-13-23(31)32/h1-9,11-12H,14-16H2,(H2,28,33)(H,31,32). The fraction of sp³-hybridized carbons (Fsp3) is 0.115. The first-order chi connectivity index (χ1) is 16.4. The van der Waals surface area contributed by atoms with E-state index in [0.29, 0.717) is 46.0 Å². The van der Waals surface area contributed by atoms with Crippen molar-refractivity contribution in [2.45, 2.75) is 13.0 Å². The van der Waals surface area contributed by atoms with Crippen LogP contribution in [0, 0.1) is 17.7 Å². The highest BCUT2D eigenvalue weighted by atomic mass is 32.1. The number of aliphatic carboxylic acids is 1. The number of nitrogens with zero attached hydrogens (tertiary/aromatic N) is 2. The molecule has 1 aromatic heterocycles. The Morgan fingerprint density at radius 1 is 1.03 bits per heavy atom. The first-order valence-electron chi connectivity index (χ1n) is 10.4. The zero-order valence-electron chi connectivity index (χ0n) is 18.0. The van der Waals surface area contributed by atoms with E-state index in [2.05, 4.69) is 21.7 Å². The minimum Gasteiger partial charge on any atom is -0.472 e. The molecule has 3 N–H and O–H groups in total. The van der Waals surface area contributed by atoms with E-state index in [1.807, 2.05) is 24.3 Å². The summed E-state index contributed by atoms with van der Waals surface area (Å²) in [5.41, 5.74) is 8.99. The third-order valence-corrected chi connectivity index (χ3v) is 6.32. The Hall–Kier alpha value is -4.22. The van der Waals surface area contributed by atoms with Crippen LogP contribution in [0.3, 0.4) is 0 Å². The number of hydrogen-bond acceptors (Lipinski definition) is 5. The second-order valence-electron chi connectivity index (χ2n) is 7.57. The van der Waals surface area contributed by atoms with Gasteiger partial charge < -0.3 is 15.7 Å². The van der Waals surface area contributed by atoms with Crippen molar-refractivity contribution in [3.05, 3.63) is 94.8 Å². The Kier molecular flexibility index (Phi) is 6.85. The molecular formula is C26H20FN3O3S. The summed E-state index contributed by atoms with van der Waals surface area (Å²) >= 11 is 1.30. The maximum absolute atomic E-state index is 14.3. The molecule has 0 fully saturated rings. The van der Waals surface area contributed by atoms with Crippen molar-refractivity contribution in [1.29, 1.82) is 0 Å². The van der Waals surface area contributed by atoms with Crippen LogP contribution in [0.5, 0.6) is 0 Å². The van der Waals surface area contributed by atoms with Gasteiger partial charge in [0.15, 0.2) is 5.13 Å². The van der Waals surface area contributed by atoms with Gasteiger partial charge in [0.2, 0.25) is 5.91 Å². The van der Waals surface area contributed by atoms with Crippen LogP contribution in [0.15, 0.2) is 66.7 Å². The summed E-state index contributed by atoms with van der Waals surface area (Å²) in [5.74, 6) is 2.74. The van der Waals surface area contributed by atoms with Gasteiger partial charge in [-0.25, -0.2) is 14.2 Å². The van der Waals surface area contributed by atoms with E-state index >= 15 is 0 Å². The number of nitrogens with two attached hydrogens (primary N) is 1. The van der Waals surface area contributed by atoms with Gasteiger partial charge in [0, 0.05) is 30.1 Å². The van der Waals surface area contributed by atoms with Crippen LogP contribution in [0.1, 0.15) is 27.0 Å². The number of thiazole rings is 1. The topological polar surface area (TPSA) is 96.5 Å². The van der Waals surface area contributed by atoms with Gasteiger partial charge in [-0.3, -0.25) is 4.79 Å². The van der Waals surface area contributed by atoms with Gasteiger partial charge in [0.1, 0.15) is 5.82 Å². The molecule has 0 saturated carbocycles. The number of carboxylic acid groups (broad SMARTS) is 1. The molecule has 3 aromatic carbocycles. The summed E-state index contributed by atoms with van der Waals surface area (Å²) in [7, 11) is 0. The minimum atomic E-state index is -1.18. The summed E-state index contributed by atoms with van der Waals surface area (Å²) in [4.78, 5) is 28.7. The van der Waals surface area contributed by atoms with Crippen LogP contribution in [0.4, 0.5) is 9.52 Å². The van der Waals surface area contributed by atoms with Gasteiger partial charge in [0.25, 0.3) is 0 Å². The molecule has 4 aromatic rings. The number of aromatic nitrogens is 1. The Labute approximate surface area is 199 Å². The van der Waals surface area contributed by atoms with Crippen molar-refractivity contribution in [3.8, 4) is 11.8 Å². The maximum Gasteiger partial charge on any atom is 0.382 e. The van der Waals surface area contributed by atoms with Crippen molar-refractivity contribution in [1.82, 2.24) is 4.98 Å². The number of anilines is 1. The van der Waals surface area contributed by atoms with E-state index < -0.39 is 11.9 Å². The monoisotopic (exact) mass is 473 g/mol. The van der Waals surface area contributed by atoms with E-state index in [-0.39, 0.29) is 5.82 Å². The lowest BCUT2D eigenvalue weighted by Gasteiger charge is -2.22. The number of rotatable bonds is 7. The van der Waals surface area contributed by atoms with Gasteiger partial charge in [0.05, 0.1) is 10.2 Å². The number of primary amides is 1. The second-order valence-corrected chi connectivity index (χ2v) is 8.55. The number of carboxylic acids is 1. The molecule has 1 heterocycles. The van der Waals surface area contributed by atoms with Crippen molar-refractivity contribution < 1.29 is 19.1 Å². The smallest absolute Gasteiger partial charge is 0.382 e. The summed E-state index contributed by atoms with van der Waals surface area (Å²) in [6.45, 7) is 1.13. The first kappa shape index (κ1) is 23.0. The molecule has 0 aliphatic carbocycles. The molecule has 6 nitrogen and oxygen atoms in total. The molecule has 0 unspecified atom stereocenters. The van der Waals surface area contributed by atoms with Crippen molar-refractivity contribution >= 4 is 38.6 Å². The van der Waals surface area contributed by atoms with E-state index in [9.17, 15) is 14.0 Å². The lowest BCUT2D eigenvalue weighted by molar-refractivity contribution is -0.130. The molecule has 0 saturated heterocycles. The molecule has 170 valence electrons. The van der Waals surface area contributed by atoms with Crippen LogP contribution < -0.4 is 10.6 Å². The summed E-state index contributed by atoms with van der Waals surface area (Å²) < 4.78 is 14.8. The first-order valence-corrected chi connectivity index (χ1v) is 11.2. The lowest BCUT2D eigenvalue weighted by Crippen LogP contribution is -2.25. The number of fused-ring (bicyclic) bond motifs is 1. The lowest BCUT2D eigenvalue weighted by atomic mass is 10.1. The predicted molar refractivity (Wildman–Crippen MR) is 130 cm³/mol. The average molecular weight is 474 g/mol. The number of carbonyl (C=O) groups is 2. The molecule has 4 rings (SSSR count). The van der Waals surface area contributed by atoms with Crippen LogP contribution in [-0.4, -0.2) is 28.5 Å². The second kappa shape index (κ2) is 10.1. The molecule has 0 aliphatic heterocycles. The number of benzene rings is 3. The molecule has 0 aliphatic rings. The van der Waals surface area contributed by atoms with E-state index in [1.54, 1.807) is 36.4 Å². The number of halogens is 1. The maximum atomic E-state index is 14.3. The minimum absolute atomic E-state index is 0.301. The van der Waals surface area contributed by atoms with Gasteiger partial charge in [-0.1, -0.05) is 47.6 Å². The van der Waals surface area contributed by atoms with Gasteiger partial charge >= 0.3 is 5.97 Å². The molecule has 0 radical (unpaired) electrons. The van der Waals surface area contributed by atoms with E-state index in [0.717, 1.165) is 11.1 Å². The number of hydrogen-bond donors (Lipinski definition) is 2. The highest BCUT2D eigenvalue weighted by Gasteiger charge is 2.15. The van der Waals surface area contributed by atoms with Crippen molar-refractivity contribution in [2.24, 2.45) is 5.73 Å². The molecular weight excluding hydrogens is 453 g/mol. The van der Waals surface area contributed by atoms with Gasteiger partial charge in [-0.05, 0) is 53.9 Å². The van der Waals surface area contributed by atoms with E-state index in [4.69, 9.17) is 10.8 Å². The van der Waals surface area contributed by atoms with Crippen LogP contribution >= 0.6 is 11.3 Å². The Morgan fingerprint density at radius 2 is 1.74 bits per heavy atom. The fourth-order valence-corrected chi connectivity index (χ4v) is 4.42. The van der Waals surface area contributed by atoms with Gasteiger partial charge in [-0.2, -0.15) is 0 Å². The number of amides is 1. The zero-order chi connectivity index (χ0) is 24.1. The Bertz CT molecular complexity index is 1400. The molecule has 0 spiro atoms. The van der Waals surface area contributed by atoms with Crippen molar-refractivity contribution in [2.75, 3.05) is 11.4 Å². The van der Waals surface area contributed by atoms with Crippen molar-refractivity contribution in [3.63, 3.8) is 0 Å². The highest BCUT2D eigenvalue weighted by molar-refractivity contribution is 7.22. The molecule has 1 amide bonds.